The van der Waals surface area contributed by atoms with Gasteiger partial charge in [0, 0.05) is 23.6 Å². The maximum Gasteiger partial charge on any atom is 0.254 e. The summed E-state index contributed by atoms with van der Waals surface area (Å²) in [6.07, 6.45) is 2.51. The van der Waals surface area contributed by atoms with Gasteiger partial charge in [-0.15, -0.1) is 0 Å². The number of hydrogen-bond acceptors (Lipinski definition) is 4. The van der Waals surface area contributed by atoms with Gasteiger partial charge in [-0.2, -0.15) is 14.6 Å². The Hall–Kier alpha value is -3.28. The molecule has 0 aliphatic heterocycles. The lowest BCUT2D eigenvalue weighted by molar-refractivity contribution is 0.627. The lowest BCUT2D eigenvalue weighted by Crippen LogP contribution is -2.10. The highest BCUT2D eigenvalue weighted by molar-refractivity contribution is 5.65. The highest BCUT2D eigenvalue weighted by Crippen LogP contribution is 2.43. The van der Waals surface area contributed by atoms with E-state index in [0.29, 0.717) is 17.7 Å². The van der Waals surface area contributed by atoms with E-state index < -0.39 is 0 Å². The summed E-state index contributed by atoms with van der Waals surface area (Å²) in [4.78, 5) is 8.83. The first-order chi connectivity index (χ1) is 12.8. The Balaban J connectivity index is 1.45. The fourth-order valence-corrected chi connectivity index (χ4v) is 3.29. The van der Waals surface area contributed by atoms with Crippen molar-refractivity contribution in [3.8, 4) is 11.3 Å². The molecule has 6 heteroatoms. The Morgan fingerprint density at radius 1 is 1.04 bits per heavy atom. The van der Waals surface area contributed by atoms with Crippen molar-refractivity contribution in [2.24, 2.45) is 0 Å². The number of nitrogens with one attached hydrogen (secondary N) is 1. The molecule has 2 atom stereocenters. The van der Waals surface area contributed by atoms with Crippen molar-refractivity contribution in [1.82, 2.24) is 19.6 Å². The minimum atomic E-state index is -0.204. The van der Waals surface area contributed by atoms with Gasteiger partial charge in [-0.25, -0.2) is 9.37 Å². The smallest absolute Gasteiger partial charge is 0.254 e. The normalized spacial score (nSPS) is 18.8. The molecule has 2 aromatic heterocycles. The van der Waals surface area contributed by atoms with Gasteiger partial charge in [0.15, 0.2) is 0 Å². The number of rotatable bonds is 4. The molecule has 2 aromatic carbocycles. The summed E-state index contributed by atoms with van der Waals surface area (Å²) in [5, 5.41) is 7.82. The molecule has 1 aliphatic rings. The third kappa shape index (κ3) is 2.69. The standard InChI is InChI=1S/C20H16FN5/c21-15-8-6-13(7-9-15)16-10-18(16)24-19-11-17(14-4-2-1-3-5-14)25-20-22-12-23-26(19)20/h1-9,11-12,16,18,24H,10H2/t16-,18+/m0/s1. The van der Waals surface area contributed by atoms with Gasteiger partial charge in [0.1, 0.15) is 18.0 Å². The van der Waals surface area contributed by atoms with Gasteiger partial charge in [-0.1, -0.05) is 42.5 Å². The third-order valence-electron chi connectivity index (χ3n) is 4.74. The van der Waals surface area contributed by atoms with Crippen LogP contribution in [0.25, 0.3) is 17.0 Å². The maximum atomic E-state index is 13.1. The van der Waals surface area contributed by atoms with Crippen molar-refractivity contribution in [3.05, 3.63) is 78.4 Å². The SMILES string of the molecule is Fc1ccc([C@@H]2C[C@H]2Nc2cc(-c3ccccc3)nc3ncnn23)cc1. The summed E-state index contributed by atoms with van der Waals surface area (Å²) in [6, 6.07) is 19.0. The number of aromatic nitrogens is 4. The van der Waals surface area contributed by atoms with Gasteiger partial charge in [-0.05, 0) is 24.1 Å². The van der Waals surface area contributed by atoms with E-state index in [2.05, 4.69) is 20.4 Å². The molecule has 1 aliphatic carbocycles. The van der Waals surface area contributed by atoms with Gasteiger partial charge in [0.25, 0.3) is 5.78 Å². The zero-order valence-electron chi connectivity index (χ0n) is 13.9. The molecule has 1 N–H and O–H groups in total. The molecule has 0 unspecified atom stereocenters. The fraction of sp³-hybridized carbons (Fsp3) is 0.150. The average Bonchev–Trinajstić information content (AvgIpc) is 3.26. The van der Waals surface area contributed by atoms with Crippen LogP contribution in [0.1, 0.15) is 17.9 Å². The summed E-state index contributed by atoms with van der Waals surface area (Å²) in [5.74, 6) is 1.60. The van der Waals surface area contributed by atoms with Gasteiger partial charge in [0.2, 0.25) is 0 Å². The zero-order chi connectivity index (χ0) is 17.5. The number of hydrogen-bond donors (Lipinski definition) is 1. The Labute approximate surface area is 149 Å². The molecule has 0 amide bonds. The molecule has 5 rings (SSSR count). The van der Waals surface area contributed by atoms with Crippen LogP contribution >= 0.6 is 0 Å². The monoisotopic (exact) mass is 345 g/mol. The van der Waals surface area contributed by atoms with E-state index in [9.17, 15) is 4.39 Å². The molecular formula is C20H16FN5. The second kappa shape index (κ2) is 5.91. The maximum absolute atomic E-state index is 13.1. The van der Waals surface area contributed by atoms with E-state index in [-0.39, 0.29) is 5.82 Å². The lowest BCUT2D eigenvalue weighted by atomic mass is 10.1. The van der Waals surface area contributed by atoms with Crippen molar-refractivity contribution in [2.75, 3.05) is 5.32 Å². The first kappa shape index (κ1) is 15.0. The first-order valence-electron chi connectivity index (χ1n) is 8.56. The fourth-order valence-electron chi connectivity index (χ4n) is 3.29. The van der Waals surface area contributed by atoms with Gasteiger partial charge in [-0.3, -0.25) is 0 Å². The molecule has 1 saturated carbocycles. The van der Waals surface area contributed by atoms with Crippen molar-refractivity contribution < 1.29 is 4.39 Å². The molecular weight excluding hydrogens is 329 g/mol. The number of halogens is 1. The minimum Gasteiger partial charge on any atom is -0.366 e. The molecule has 0 bridgehead atoms. The summed E-state index contributed by atoms with van der Waals surface area (Å²) < 4.78 is 14.8. The van der Waals surface area contributed by atoms with E-state index in [0.717, 1.165) is 29.1 Å². The second-order valence-electron chi connectivity index (χ2n) is 6.51. The van der Waals surface area contributed by atoms with E-state index in [1.54, 1.807) is 4.52 Å². The minimum absolute atomic E-state index is 0.204. The highest BCUT2D eigenvalue weighted by atomic mass is 19.1. The Morgan fingerprint density at radius 3 is 2.65 bits per heavy atom. The van der Waals surface area contributed by atoms with Crippen molar-refractivity contribution in [2.45, 2.75) is 18.4 Å². The third-order valence-corrected chi connectivity index (χ3v) is 4.74. The molecule has 4 aromatic rings. The molecule has 0 saturated heterocycles. The Bertz CT molecular complexity index is 1060. The predicted molar refractivity (Wildman–Crippen MR) is 97.4 cm³/mol. The largest absolute Gasteiger partial charge is 0.366 e. The Kier molecular flexibility index (Phi) is 3.41. The van der Waals surface area contributed by atoms with Gasteiger partial charge in [0.05, 0.1) is 5.69 Å². The summed E-state index contributed by atoms with van der Waals surface area (Å²) in [6.45, 7) is 0. The highest BCUT2D eigenvalue weighted by Gasteiger charge is 2.38. The number of benzene rings is 2. The lowest BCUT2D eigenvalue weighted by Gasteiger charge is -2.10. The van der Waals surface area contributed by atoms with Crippen molar-refractivity contribution in [1.29, 1.82) is 0 Å². The van der Waals surface area contributed by atoms with Crippen LogP contribution in [0.4, 0.5) is 10.2 Å². The van der Waals surface area contributed by atoms with Crippen LogP contribution in [-0.4, -0.2) is 25.6 Å². The molecule has 0 radical (unpaired) electrons. The molecule has 2 heterocycles. The predicted octanol–water partition coefficient (Wildman–Crippen LogP) is 3.90. The number of fused-ring (bicyclic) bond motifs is 1. The molecule has 5 nitrogen and oxygen atoms in total. The molecule has 128 valence electrons. The van der Waals surface area contributed by atoms with E-state index in [1.807, 2.05) is 48.5 Å². The topological polar surface area (TPSA) is 55.1 Å². The first-order valence-corrected chi connectivity index (χ1v) is 8.56. The second-order valence-corrected chi connectivity index (χ2v) is 6.51. The molecule has 1 fully saturated rings. The van der Waals surface area contributed by atoms with Crippen molar-refractivity contribution >= 4 is 11.6 Å². The van der Waals surface area contributed by atoms with Crippen LogP contribution in [0.3, 0.4) is 0 Å². The number of anilines is 1. The van der Waals surface area contributed by atoms with E-state index in [1.165, 1.54) is 18.5 Å². The van der Waals surface area contributed by atoms with E-state index >= 15 is 0 Å². The summed E-state index contributed by atoms with van der Waals surface area (Å²) in [7, 11) is 0. The molecule has 0 spiro atoms. The van der Waals surface area contributed by atoms with Crippen molar-refractivity contribution in [3.63, 3.8) is 0 Å². The van der Waals surface area contributed by atoms with E-state index in [4.69, 9.17) is 0 Å². The quantitative estimate of drug-likeness (QED) is 0.609. The van der Waals surface area contributed by atoms with Crippen LogP contribution in [0.5, 0.6) is 0 Å². The Morgan fingerprint density at radius 2 is 1.85 bits per heavy atom. The van der Waals surface area contributed by atoms with Crippen LogP contribution in [-0.2, 0) is 0 Å². The zero-order valence-corrected chi connectivity index (χ0v) is 13.9. The van der Waals surface area contributed by atoms with Crippen LogP contribution in [0.15, 0.2) is 67.0 Å². The summed E-state index contributed by atoms with van der Waals surface area (Å²) >= 11 is 0. The van der Waals surface area contributed by atoms with Crippen LogP contribution in [0, 0.1) is 5.82 Å². The average molecular weight is 345 g/mol. The van der Waals surface area contributed by atoms with Gasteiger partial charge < -0.3 is 5.32 Å². The van der Waals surface area contributed by atoms with Gasteiger partial charge >= 0.3 is 0 Å². The van der Waals surface area contributed by atoms with Crippen LogP contribution < -0.4 is 5.32 Å². The summed E-state index contributed by atoms with van der Waals surface area (Å²) in [5.41, 5.74) is 3.04. The molecule has 26 heavy (non-hydrogen) atoms. The number of nitrogens with zero attached hydrogens (tertiary/aromatic N) is 4. The van der Waals surface area contributed by atoms with Crippen LogP contribution in [0.2, 0.25) is 0 Å².